The van der Waals surface area contributed by atoms with Crippen molar-refractivity contribution in [2.45, 2.75) is 37.7 Å². The van der Waals surface area contributed by atoms with Crippen molar-refractivity contribution in [2.75, 3.05) is 5.32 Å². The molecule has 0 aliphatic carbocycles. The number of nitrogens with zero attached hydrogens (tertiary/aromatic N) is 3. The Hall–Kier alpha value is -2.97. The number of aryl methyl sites for hydroxylation is 1. The molecule has 1 amide bonds. The van der Waals surface area contributed by atoms with Crippen LogP contribution in [-0.2, 0) is 23.5 Å². The molecule has 0 aliphatic heterocycles. The van der Waals surface area contributed by atoms with Crippen LogP contribution < -0.4 is 10.9 Å². The summed E-state index contributed by atoms with van der Waals surface area (Å²) in [6.45, 7) is 4.46. The summed E-state index contributed by atoms with van der Waals surface area (Å²) >= 11 is 2.96. The number of thiazole rings is 1. The summed E-state index contributed by atoms with van der Waals surface area (Å²) in [5, 5.41) is 6.97. The fourth-order valence-corrected chi connectivity index (χ4v) is 5.07. The summed E-state index contributed by atoms with van der Waals surface area (Å²) in [6, 6.07) is 15.1. The first kappa shape index (κ1) is 21.3. The Labute approximate surface area is 188 Å². The van der Waals surface area contributed by atoms with Crippen molar-refractivity contribution in [3.8, 4) is 0 Å². The van der Waals surface area contributed by atoms with Crippen LogP contribution in [0.1, 0.15) is 23.2 Å². The lowest BCUT2D eigenvalue weighted by Crippen LogP contribution is -2.22. The van der Waals surface area contributed by atoms with Crippen LogP contribution in [0.2, 0.25) is 0 Å². The highest BCUT2D eigenvalue weighted by atomic mass is 32.2. The molecular formula is C23H22N4O2S2. The summed E-state index contributed by atoms with van der Waals surface area (Å²) in [5.74, 6) is 0.500. The summed E-state index contributed by atoms with van der Waals surface area (Å²) < 4.78 is 1.69. The fraction of sp³-hybridized carbons (Fsp3) is 0.217. The van der Waals surface area contributed by atoms with Crippen LogP contribution in [0.4, 0.5) is 5.69 Å². The molecule has 0 bridgehead atoms. The molecule has 0 fully saturated rings. The Bertz CT molecular complexity index is 1300. The zero-order chi connectivity index (χ0) is 21.8. The van der Waals surface area contributed by atoms with Gasteiger partial charge in [0.05, 0.1) is 23.0 Å². The van der Waals surface area contributed by atoms with Crippen LogP contribution >= 0.6 is 23.1 Å². The molecule has 4 rings (SSSR count). The number of hydrogen-bond donors (Lipinski definition) is 1. The van der Waals surface area contributed by atoms with Crippen molar-refractivity contribution in [2.24, 2.45) is 0 Å². The quantitative estimate of drug-likeness (QED) is 0.327. The molecule has 4 aromatic rings. The van der Waals surface area contributed by atoms with Crippen molar-refractivity contribution >= 4 is 45.6 Å². The lowest BCUT2D eigenvalue weighted by atomic mass is 10.2. The Morgan fingerprint density at radius 1 is 1.13 bits per heavy atom. The third kappa shape index (κ3) is 4.86. The van der Waals surface area contributed by atoms with E-state index in [1.54, 1.807) is 10.6 Å². The molecule has 8 heteroatoms. The van der Waals surface area contributed by atoms with Gasteiger partial charge in [-0.25, -0.2) is 9.97 Å². The van der Waals surface area contributed by atoms with Gasteiger partial charge in [0.1, 0.15) is 5.01 Å². The standard InChI is InChI=1S/C23H22N4O2S2/c1-3-27-22(29)17-9-5-7-11-19(17)26-23(27)31-14-16-13-30-21(24-16)12-20(28)25-18-10-6-4-8-15(18)2/h4-11,13H,3,12,14H2,1-2H3,(H,25,28). The highest BCUT2D eigenvalue weighted by Gasteiger charge is 2.13. The van der Waals surface area contributed by atoms with E-state index in [0.717, 1.165) is 22.0 Å². The van der Waals surface area contributed by atoms with E-state index in [0.29, 0.717) is 28.4 Å². The highest BCUT2D eigenvalue weighted by molar-refractivity contribution is 7.98. The second-order valence-electron chi connectivity index (χ2n) is 7.02. The SMILES string of the molecule is CCn1c(SCc2csc(CC(=O)Nc3ccccc3C)n2)nc2ccccc2c1=O. The number of thioether (sulfide) groups is 1. The van der Waals surface area contributed by atoms with E-state index in [1.165, 1.54) is 23.1 Å². The number of rotatable bonds is 7. The number of aromatic nitrogens is 3. The van der Waals surface area contributed by atoms with E-state index in [2.05, 4.69) is 15.3 Å². The number of nitrogens with one attached hydrogen (secondary N) is 1. The second-order valence-corrected chi connectivity index (χ2v) is 8.91. The Kier molecular flexibility index (Phi) is 6.48. The van der Waals surface area contributed by atoms with Gasteiger partial charge < -0.3 is 5.32 Å². The zero-order valence-corrected chi connectivity index (χ0v) is 18.9. The molecule has 2 heterocycles. The number of carbonyl (C=O) groups is 1. The minimum Gasteiger partial charge on any atom is -0.325 e. The Morgan fingerprint density at radius 3 is 2.71 bits per heavy atom. The molecule has 158 valence electrons. The van der Waals surface area contributed by atoms with Crippen molar-refractivity contribution in [1.82, 2.24) is 14.5 Å². The molecule has 1 N–H and O–H groups in total. The van der Waals surface area contributed by atoms with Gasteiger partial charge in [0.2, 0.25) is 5.91 Å². The first-order chi connectivity index (χ1) is 15.0. The molecule has 0 aliphatic rings. The third-order valence-corrected chi connectivity index (χ3v) is 6.73. The maximum atomic E-state index is 12.7. The van der Waals surface area contributed by atoms with Gasteiger partial charge in [-0.15, -0.1) is 11.3 Å². The minimum atomic E-state index is -0.0844. The van der Waals surface area contributed by atoms with Crippen LogP contribution in [0.15, 0.2) is 63.9 Å². The number of amides is 1. The van der Waals surface area contributed by atoms with Crippen LogP contribution in [0.25, 0.3) is 10.9 Å². The Balaban J connectivity index is 1.43. The summed E-state index contributed by atoms with van der Waals surface area (Å²) in [6.07, 6.45) is 0.234. The van der Waals surface area contributed by atoms with Crippen molar-refractivity contribution < 1.29 is 4.79 Å². The number of carbonyl (C=O) groups excluding carboxylic acids is 1. The number of benzene rings is 2. The van der Waals surface area contributed by atoms with E-state index in [1.807, 2.05) is 61.7 Å². The summed E-state index contributed by atoms with van der Waals surface area (Å²) in [7, 11) is 0. The van der Waals surface area contributed by atoms with Gasteiger partial charge in [-0.05, 0) is 37.6 Å². The molecule has 0 unspecified atom stereocenters. The summed E-state index contributed by atoms with van der Waals surface area (Å²) in [4.78, 5) is 34.4. The van der Waals surface area contributed by atoms with Gasteiger partial charge in [0, 0.05) is 23.4 Å². The highest BCUT2D eigenvalue weighted by Crippen LogP contribution is 2.23. The van der Waals surface area contributed by atoms with Crippen LogP contribution in [0.5, 0.6) is 0 Å². The number of fused-ring (bicyclic) bond motifs is 1. The van der Waals surface area contributed by atoms with Gasteiger partial charge in [0.15, 0.2) is 5.16 Å². The second kappa shape index (κ2) is 9.45. The van der Waals surface area contributed by atoms with Crippen molar-refractivity contribution in [3.05, 3.63) is 80.5 Å². The average molecular weight is 451 g/mol. The smallest absolute Gasteiger partial charge is 0.262 e. The molecule has 0 spiro atoms. The van der Waals surface area contributed by atoms with Gasteiger partial charge >= 0.3 is 0 Å². The van der Waals surface area contributed by atoms with E-state index in [-0.39, 0.29) is 17.9 Å². The predicted octanol–water partition coefficient (Wildman–Crippen LogP) is 4.65. The van der Waals surface area contributed by atoms with Gasteiger partial charge in [-0.2, -0.15) is 0 Å². The first-order valence-corrected chi connectivity index (χ1v) is 11.8. The minimum absolute atomic E-state index is 0.0255. The molecule has 0 radical (unpaired) electrons. The maximum absolute atomic E-state index is 12.7. The zero-order valence-electron chi connectivity index (χ0n) is 17.3. The lowest BCUT2D eigenvalue weighted by Gasteiger charge is -2.10. The van der Waals surface area contributed by atoms with Crippen LogP contribution in [0, 0.1) is 6.92 Å². The van der Waals surface area contributed by atoms with Crippen molar-refractivity contribution in [3.63, 3.8) is 0 Å². The molecule has 31 heavy (non-hydrogen) atoms. The van der Waals surface area contributed by atoms with Gasteiger partial charge in [-0.3, -0.25) is 14.2 Å². The predicted molar refractivity (Wildman–Crippen MR) is 127 cm³/mol. The van der Waals surface area contributed by atoms with Crippen LogP contribution in [0.3, 0.4) is 0 Å². The van der Waals surface area contributed by atoms with E-state index in [9.17, 15) is 9.59 Å². The number of hydrogen-bond acceptors (Lipinski definition) is 6. The van der Waals surface area contributed by atoms with Gasteiger partial charge in [-0.1, -0.05) is 42.1 Å². The van der Waals surface area contributed by atoms with E-state index >= 15 is 0 Å². The van der Waals surface area contributed by atoms with E-state index < -0.39 is 0 Å². The molecular weight excluding hydrogens is 428 g/mol. The Morgan fingerprint density at radius 2 is 1.90 bits per heavy atom. The largest absolute Gasteiger partial charge is 0.325 e. The lowest BCUT2D eigenvalue weighted by molar-refractivity contribution is -0.115. The first-order valence-electron chi connectivity index (χ1n) is 9.96. The molecule has 0 saturated heterocycles. The van der Waals surface area contributed by atoms with Crippen LogP contribution in [-0.4, -0.2) is 20.4 Å². The molecule has 6 nitrogen and oxygen atoms in total. The molecule has 0 atom stereocenters. The molecule has 0 saturated carbocycles. The average Bonchev–Trinajstić information content (AvgIpc) is 3.21. The number of anilines is 1. The monoisotopic (exact) mass is 450 g/mol. The third-order valence-electron chi connectivity index (χ3n) is 4.82. The number of para-hydroxylation sites is 2. The molecule has 2 aromatic heterocycles. The topological polar surface area (TPSA) is 76.9 Å². The van der Waals surface area contributed by atoms with Gasteiger partial charge in [0.25, 0.3) is 5.56 Å². The molecule has 2 aromatic carbocycles. The summed E-state index contributed by atoms with van der Waals surface area (Å²) in [5.41, 5.74) is 3.39. The van der Waals surface area contributed by atoms with E-state index in [4.69, 9.17) is 0 Å². The fourth-order valence-electron chi connectivity index (χ4n) is 3.22. The maximum Gasteiger partial charge on any atom is 0.262 e. The normalized spacial score (nSPS) is 11.0. The van der Waals surface area contributed by atoms with Crippen molar-refractivity contribution in [1.29, 1.82) is 0 Å².